The first-order valence-electron chi connectivity index (χ1n) is 13.4. The van der Waals surface area contributed by atoms with Crippen LogP contribution in [0.1, 0.15) is 50.7 Å². The number of ether oxygens (including phenoxy) is 2. The number of aromatic nitrogens is 2. The smallest absolute Gasteiger partial charge is 0.221 e. The highest BCUT2D eigenvalue weighted by atomic mass is 16.5. The molecule has 4 aromatic rings. The predicted molar refractivity (Wildman–Crippen MR) is 158 cm³/mol. The minimum Gasteiger partial charge on any atom is -0.508 e. The van der Waals surface area contributed by atoms with Gasteiger partial charge in [-0.05, 0) is 61.4 Å². The Bertz CT molecular complexity index is 1520. The number of hydrogen-bond acceptors (Lipinski definition) is 6. The normalized spacial score (nSPS) is 12.1. The predicted octanol–water partition coefficient (Wildman–Crippen LogP) is 7.88. The van der Waals surface area contributed by atoms with Gasteiger partial charge in [-0.1, -0.05) is 63.1 Å². The van der Waals surface area contributed by atoms with Crippen LogP contribution < -0.4 is 9.47 Å². The topological polar surface area (TPSA) is 81.5 Å². The summed E-state index contributed by atoms with van der Waals surface area (Å²) >= 11 is 0. The Hall–Kier alpha value is -4.45. The number of aliphatic hydroxyl groups is 1. The van der Waals surface area contributed by atoms with Crippen LogP contribution in [0.25, 0.3) is 34.0 Å². The third-order valence-electron chi connectivity index (χ3n) is 6.06. The summed E-state index contributed by atoms with van der Waals surface area (Å²) in [7, 11) is 0. The van der Waals surface area contributed by atoms with Crippen LogP contribution in [0.15, 0.2) is 84.7 Å². The van der Waals surface area contributed by atoms with Gasteiger partial charge in [-0.3, -0.25) is 4.79 Å². The van der Waals surface area contributed by atoms with Gasteiger partial charge in [0.05, 0.1) is 24.2 Å². The molecule has 0 fully saturated rings. The zero-order valence-electron chi connectivity index (χ0n) is 22.5. The van der Waals surface area contributed by atoms with Gasteiger partial charge in [-0.2, -0.15) is 0 Å². The first-order chi connectivity index (χ1) is 19.1. The maximum atomic E-state index is 12.6. The number of para-hydroxylation sites is 2. The van der Waals surface area contributed by atoms with E-state index in [2.05, 4.69) is 23.8 Å². The lowest BCUT2D eigenvalue weighted by Crippen LogP contribution is -2.01. The summed E-state index contributed by atoms with van der Waals surface area (Å²) in [5, 5.41) is 12.4. The minimum absolute atomic E-state index is 0.173. The molecular formula is C33H34N2O4. The van der Waals surface area contributed by atoms with Crippen molar-refractivity contribution in [3.05, 3.63) is 95.8 Å². The molecule has 6 nitrogen and oxygen atoms in total. The molecular weight excluding hydrogens is 488 g/mol. The summed E-state index contributed by atoms with van der Waals surface area (Å²) < 4.78 is 11.8. The van der Waals surface area contributed by atoms with Crippen molar-refractivity contribution in [3.63, 3.8) is 0 Å². The zero-order valence-corrected chi connectivity index (χ0v) is 22.5. The van der Waals surface area contributed by atoms with E-state index >= 15 is 0 Å². The van der Waals surface area contributed by atoms with Crippen molar-refractivity contribution in [2.24, 2.45) is 0 Å². The molecule has 0 bridgehead atoms. The lowest BCUT2D eigenvalue weighted by Gasteiger charge is -2.09. The van der Waals surface area contributed by atoms with Gasteiger partial charge in [0, 0.05) is 28.0 Å². The van der Waals surface area contributed by atoms with Gasteiger partial charge in [0.25, 0.3) is 0 Å². The molecule has 0 spiro atoms. The zero-order chi connectivity index (χ0) is 27.5. The van der Waals surface area contributed by atoms with Crippen LogP contribution in [0, 0.1) is 0 Å². The van der Waals surface area contributed by atoms with Crippen molar-refractivity contribution >= 4 is 39.7 Å². The lowest BCUT2D eigenvalue weighted by atomic mass is 10.1. The number of carbonyl (C=O) groups is 1. The van der Waals surface area contributed by atoms with Gasteiger partial charge in [0.2, 0.25) is 11.8 Å². The maximum absolute atomic E-state index is 12.6. The Morgan fingerprint density at radius 1 is 0.769 bits per heavy atom. The van der Waals surface area contributed by atoms with Gasteiger partial charge < -0.3 is 14.6 Å². The maximum Gasteiger partial charge on any atom is 0.221 e. The van der Waals surface area contributed by atoms with E-state index in [1.165, 1.54) is 18.2 Å². The molecule has 2 aromatic heterocycles. The number of allylic oxidation sites excluding steroid dienone is 3. The monoisotopic (exact) mass is 522 g/mol. The van der Waals surface area contributed by atoms with Crippen LogP contribution in [0.3, 0.4) is 0 Å². The molecule has 0 aliphatic carbocycles. The molecule has 4 rings (SSSR count). The molecule has 0 aliphatic rings. The van der Waals surface area contributed by atoms with Crippen LogP contribution in [0.2, 0.25) is 0 Å². The number of ketones is 1. The molecule has 200 valence electrons. The second-order valence-electron chi connectivity index (χ2n) is 9.19. The summed E-state index contributed by atoms with van der Waals surface area (Å²) in [6.07, 6.45) is 11.3. The molecule has 0 radical (unpaired) electrons. The molecule has 2 heterocycles. The molecule has 0 saturated heterocycles. The molecule has 0 unspecified atom stereocenters. The Morgan fingerprint density at radius 2 is 1.26 bits per heavy atom. The van der Waals surface area contributed by atoms with E-state index in [-0.39, 0.29) is 11.5 Å². The Morgan fingerprint density at radius 3 is 1.77 bits per heavy atom. The SMILES string of the molecule is CCCCOc1nc2ccccc2cc1/C=C/C(=O)/C=C(O)/C=C/c1cc2ccccc2nc1OCCCC. The van der Waals surface area contributed by atoms with E-state index in [0.717, 1.165) is 53.1 Å². The second kappa shape index (κ2) is 13.9. The summed E-state index contributed by atoms with van der Waals surface area (Å²) in [4.78, 5) is 21.9. The largest absolute Gasteiger partial charge is 0.508 e. The first kappa shape index (κ1) is 27.6. The van der Waals surface area contributed by atoms with E-state index in [1.807, 2.05) is 60.7 Å². The van der Waals surface area contributed by atoms with Crippen molar-refractivity contribution in [3.8, 4) is 11.8 Å². The van der Waals surface area contributed by atoms with Crippen LogP contribution in [0.4, 0.5) is 0 Å². The van der Waals surface area contributed by atoms with E-state index in [0.29, 0.717) is 30.5 Å². The number of carbonyl (C=O) groups excluding carboxylic acids is 1. The summed E-state index contributed by atoms with van der Waals surface area (Å²) in [6.45, 7) is 5.31. The van der Waals surface area contributed by atoms with Crippen LogP contribution in [0.5, 0.6) is 11.8 Å². The van der Waals surface area contributed by atoms with Crippen molar-refractivity contribution < 1.29 is 19.4 Å². The number of rotatable bonds is 13. The third kappa shape index (κ3) is 7.77. The standard InChI is InChI=1S/C33H34N2O4/c1-3-5-19-38-32-26(21-24-11-7-9-13-30(24)34-32)15-17-28(36)23-29(37)18-16-27-22-25-12-8-10-14-31(25)35-33(27)39-20-6-4-2/h7-18,21-23,36H,3-6,19-20H2,1-2H3/b17-15+,18-16+,28-23-. The van der Waals surface area contributed by atoms with E-state index in [9.17, 15) is 9.90 Å². The number of unbranched alkanes of at least 4 members (excludes halogenated alkanes) is 2. The Labute approximate surface area is 229 Å². The molecule has 0 saturated carbocycles. The van der Waals surface area contributed by atoms with E-state index in [1.54, 1.807) is 12.2 Å². The van der Waals surface area contributed by atoms with Crippen molar-refractivity contribution in [2.45, 2.75) is 39.5 Å². The minimum atomic E-state index is -0.360. The highest BCUT2D eigenvalue weighted by molar-refractivity contribution is 6.03. The molecule has 0 aliphatic heterocycles. The average Bonchev–Trinajstić information content (AvgIpc) is 2.95. The van der Waals surface area contributed by atoms with Gasteiger partial charge in [0.15, 0.2) is 5.78 Å². The fourth-order valence-corrected chi connectivity index (χ4v) is 3.91. The van der Waals surface area contributed by atoms with Crippen LogP contribution in [-0.2, 0) is 4.79 Å². The Kier molecular flexibility index (Phi) is 9.84. The first-order valence-corrected chi connectivity index (χ1v) is 13.4. The number of aliphatic hydroxyl groups excluding tert-OH is 1. The van der Waals surface area contributed by atoms with Crippen LogP contribution in [-0.4, -0.2) is 34.1 Å². The number of pyridine rings is 2. The highest BCUT2D eigenvalue weighted by Crippen LogP contribution is 2.25. The third-order valence-corrected chi connectivity index (χ3v) is 6.06. The number of fused-ring (bicyclic) bond motifs is 2. The molecule has 2 aromatic carbocycles. The van der Waals surface area contributed by atoms with E-state index < -0.39 is 0 Å². The highest BCUT2D eigenvalue weighted by Gasteiger charge is 2.08. The molecule has 6 heteroatoms. The van der Waals surface area contributed by atoms with Crippen molar-refractivity contribution in [1.82, 2.24) is 9.97 Å². The Balaban J connectivity index is 1.52. The quantitative estimate of drug-likeness (QED) is 0.0832. The average molecular weight is 523 g/mol. The summed E-state index contributed by atoms with van der Waals surface area (Å²) in [5.41, 5.74) is 3.10. The van der Waals surface area contributed by atoms with Gasteiger partial charge in [0.1, 0.15) is 5.76 Å². The lowest BCUT2D eigenvalue weighted by molar-refractivity contribution is -0.110. The molecule has 0 atom stereocenters. The van der Waals surface area contributed by atoms with Crippen molar-refractivity contribution in [2.75, 3.05) is 13.2 Å². The fraction of sp³-hybridized carbons (Fsp3) is 0.242. The molecule has 0 amide bonds. The summed E-state index contributed by atoms with van der Waals surface area (Å²) in [5.74, 6) is 0.449. The van der Waals surface area contributed by atoms with Gasteiger partial charge in [-0.15, -0.1) is 0 Å². The molecule has 1 N–H and O–H groups in total. The fourth-order valence-electron chi connectivity index (χ4n) is 3.91. The number of benzene rings is 2. The van der Waals surface area contributed by atoms with E-state index in [4.69, 9.17) is 9.47 Å². The number of hydrogen-bond donors (Lipinski definition) is 1. The summed E-state index contributed by atoms with van der Waals surface area (Å²) in [6, 6.07) is 19.5. The molecule has 39 heavy (non-hydrogen) atoms. The van der Waals surface area contributed by atoms with Gasteiger partial charge >= 0.3 is 0 Å². The van der Waals surface area contributed by atoms with Crippen LogP contribution >= 0.6 is 0 Å². The van der Waals surface area contributed by atoms with Gasteiger partial charge in [-0.25, -0.2) is 9.97 Å². The van der Waals surface area contributed by atoms with Crippen molar-refractivity contribution in [1.29, 1.82) is 0 Å². The number of nitrogens with zero attached hydrogens (tertiary/aromatic N) is 2. The second-order valence-corrected chi connectivity index (χ2v) is 9.19.